The zero-order valence-corrected chi connectivity index (χ0v) is 10.1. The maximum atomic E-state index is 5.54. The van der Waals surface area contributed by atoms with Crippen LogP contribution in [0.1, 0.15) is 25.3 Å². The van der Waals surface area contributed by atoms with Gasteiger partial charge in [0.1, 0.15) is 0 Å². The summed E-state index contributed by atoms with van der Waals surface area (Å²) in [5.41, 5.74) is 1.41. The number of likely N-dealkylation sites (tertiary alicyclic amines) is 1. The van der Waals surface area contributed by atoms with Gasteiger partial charge < -0.3 is 4.74 Å². The second-order valence-corrected chi connectivity index (χ2v) is 4.41. The molecule has 0 bridgehead atoms. The predicted molar refractivity (Wildman–Crippen MR) is 66.4 cm³/mol. The summed E-state index contributed by atoms with van der Waals surface area (Å²) < 4.78 is 5.54. The Morgan fingerprint density at radius 2 is 2.12 bits per heavy atom. The fraction of sp³-hybridized carbons (Fsp3) is 0.571. The molecular formula is C14H21NO. The first kappa shape index (κ1) is 11.6. The van der Waals surface area contributed by atoms with Crippen LogP contribution in [0, 0.1) is 0 Å². The number of rotatable bonds is 5. The Morgan fingerprint density at radius 3 is 2.88 bits per heavy atom. The number of benzene rings is 1. The number of hydrogen-bond acceptors (Lipinski definition) is 2. The maximum absolute atomic E-state index is 5.54. The number of ether oxygens (including phenoxy) is 1. The average Bonchev–Trinajstić information content (AvgIpc) is 2.75. The van der Waals surface area contributed by atoms with E-state index in [2.05, 4.69) is 42.2 Å². The Hall–Kier alpha value is -0.860. The summed E-state index contributed by atoms with van der Waals surface area (Å²) in [7, 11) is 0. The van der Waals surface area contributed by atoms with Gasteiger partial charge in [0, 0.05) is 19.2 Å². The molecule has 2 nitrogen and oxygen atoms in total. The van der Waals surface area contributed by atoms with Crippen LogP contribution in [-0.4, -0.2) is 30.7 Å². The van der Waals surface area contributed by atoms with Gasteiger partial charge in [0.25, 0.3) is 0 Å². The van der Waals surface area contributed by atoms with Crippen molar-refractivity contribution in [2.24, 2.45) is 0 Å². The van der Waals surface area contributed by atoms with Crippen molar-refractivity contribution in [3.05, 3.63) is 35.9 Å². The van der Waals surface area contributed by atoms with Crippen LogP contribution in [0.5, 0.6) is 0 Å². The van der Waals surface area contributed by atoms with Gasteiger partial charge in [-0.1, -0.05) is 30.3 Å². The molecule has 1 heterocycles. The van der Waals surface area contributed by atoms with Gasteiger partial charge in [-0.15, -0.1) is 0 Å². The second-order valence-electron chi connectivity index (χ2n) is 4.41. The smallest absolute Gasteiger partial charge is 0.0621 e. The van der Waals surface area contributed by atoms with E-state index in [0.717, 1.165) is 19.8 Å². The summed E-state index contributed by atoms with van der Waals surface area (Å²) >= 11 is 0. The molecule has 1 atom stereocenters. The molecule has 1 aromatic carbocycles. The van der Waals surface area contributed by atoms with Crippen LogP contribution >= 0.6 is 0 Å². The molecule has 0 aromatic heterocycles. The minimum Gasteiger partial charge on any atom is -0.380 e. The predicted octanol–water partition coefficient (Wildman–Crippen LogP) is 2.69. The first-order valence-electron chi connectivity index (χ1n) is 6.26. The van der Waals surface area contributed by atoms with Crippen LogP contribution in [0.2, 0.25) is 0 Å². The summed E-state index contributed by atoms with van der Waals surface area (Å²) in [5.74, 6) is 0. The standard InChI is InChI=1S/C14H21NO/c1-2-16-12-14-9-6-10-15(14)11-13-7-4-3-5-8-13/h3-5,7-8,14H,2,6,9-12H2,1H3. The van der Waals surface area contributed by atoms with Gasteiger partial charge in [-0.2, -0.15) is 0 Å². The topological polar surface area (TPSA) is 12.5 Å². The van der Waals surface area contributed by atoms with Gasteiger partial charge in [-0.05, 0) is 31.9 Å². The lowest BCUT2D eigenvalue weighted by Crippen LogP contribution is -2.32. The van der Waals surface area contributed by atoms with E-state index in [1.165, 1.54) is 24.9 Å². The molecule has 1 unspecified atom stereocenters. The fourth-order valence-corrected chi connectivity index (χ4v) is 2.36. The van der Waals surface area contributed by atoms with Gasteiger partial charge in [0.05, 0.1) is 6.61 Å². The van der Waals surface area contributed by atoms with Crippen molar-refractivity contribution in [1.29, 1.82) is 0 Å². The Bertz CT molecular complexity index is 299. The minimum atomic E-state index is 0.625. The summed E-state index contributed by atoms with van der Waals surface area (Å²) in [6, 6.07) is 11.3. The largest absolute Gasteiger partial charge is 0.380 e. The molecule has 2 heteroatoms. The molecule has 0 amide bonds. The fourth-order valence-electron chi connectivity index (χ4n) is 2.36. The SMILES string of the molecule is CCOCC1CCCN1Cc1ccccc1. The van der Waals surface area contributed by atoms with Gasteiger partial charge in [0.2, 0.25) is 0 Å². The highest BCUT2D eigenvalue weighted by Gasteiger charge is 2.24. The first-order valence-corrected chi connectivity index (χ1v) is 6.26. The van der Waals surface area contributed by atoms with Gasteiger partial charge in [-0.3, -0.25) is 4.90 Å². The first-order chi connectivity index (χ1) is 7.90. The molecule has 2 rings (SSSR count). The van der Waals surface area contributed by atoms with Crippen molar-refractivity contribution < 1.29 is 4.74 Å². The average molecular weight is 219 g/mol. The molecule has 1 aromatic rings. The molecule has 0 spiro atoms. The highest BCUT2D eigenvalue weighted by Crippen LogP contribution is 2.20. The van der Waals surface area contributed by atoms with Crippen molar-refractivity contribution in [2.75, 3.05) is 19.8 Å². The van der Waals surface area contributed by atoms with E-state index in [0.29, 0.717) is 6.04 Å². The summed E-state index contributed by atoms with van der Waals surface area (Å²) in [6.07, 6.45) is 2.59. The third-order valence-corrected chi connectivity index (χ3v) is 3.24. The van der Waals surface area contributed by atoms with Crippen LogP contribution in [0.25, 0.3) is 0 Å². The van der Waals surface area contributed by atoms with Crippen molar-refractivity contribution in [1.82, 2.24) is 4.90 Å². The van der Waals surface area contributed by atoms with Crippen LogP contribution < -0.4 is 0 Å². The molecule has 1 fully saturated rings. The van der Waals surface area contributed by atoms with Crippen LogP contribution in [0.4, 0.5) is 0 Å². The van der Waals surface area contributed by atoms with Crippen LogP contribution in [-0.2, 0) is 11.3 Å². The lowest BCUT2D eigenvalue weighted by atomic mass is 10.2. The molecule has 1 saturated heterocycles. The third-order valence-electron chi connectivity index (χ3n) is 3.24. The van der Waals surface area contributed by atoms with Crippen molar-refractivity contribution in [3.63, 3.8) is 0 Å². The summed E-state index contributed by atoms with van der Waals surface area (Å²) in [5, 5.41) is 0. The number of nitrogens with zero attached hydrogens (tertiary/aromatic N) is 1. The van der Waals surface area contributed by atoms with E-state index < -0.39 is 0 Å². The van der Waals surface area contributed by atoms with E-state index in [4.69, 9.17) is 4.74 Å². The zero-order chi connectivity index (χ0) is 11.2. The van der Waals surface area contributed by atoms with Crippen molar-refractivity contribution >= 4 is 0 Å². The van der Waals surface area contributed by atoms with Gasteiger partial charge in [-0.25, -0.2) is 0 Å². The lowest BCUT2D eigenvalue weighted by Gasteiger charge is -2.24. The van der Waals surface area contributed by atoms with Crippen molar-refractivity contribution in [2.45, 2.75) is 32.4 Å². The molecule has 0 aliphatic carbocycles. The molecule has 1 aliphatic rings. The molecule has 1 aliphatic heterocycles. The number of hydrogen-bond donors (Lipinski definition) is 0. The van der Waals surface area contributed by atoms with Crippen LogP contribution in [0.15, 0.2) is 30.3 Å². The summed E-state index contributed by atoms with van der Waals surface area (Å²) in [4.78, 5) is 2.55. The van der Waals surface area contributed by atoms with E-state index in [1.807, 2.05) is 0 Å². The maximum Gasteiger partial charge on any atom is 0.0621 e. The van der Waals surface area contributed by atoms with Crippen molar-refractivity contribution in [3.8, 4) is 0 Å². The Labute approximate surface area is 98.2 Å². The molecule has 0 radical (unpaired) electrons. The highest BCUT2D eigenvalue weighted by atomic mass is 16.5. The Balaban J connectivity index is 1.88. The quantitative estimate of drug-likeness (QED) is 0.755. The molecule has 0 saturated carbocycles. The van der Waals surface area contributed by atoms with Crippen LogP contribution in [0.3, 0.4) is 0 Å². The van der Waals surface area contributed by atoms with Gasteiger partial charge in [0.15, 0.2) is 0 Å². The third kappa shape index (κ3) is 3.06. The van der Waals surface area contributed by atoms with E-state index >= 15 is 0 Å². The summed E-state index contributed by atoms with van der Waals surface area (Å²) in [6.45, 7) is 6.07. The van der Waals surface area contributed by atoms with E-state index in [1.54, 1.807) is 0 Å². The second kappa shape index (κ2) is 6.02. The zero-order valence-electron chi connectivity index (χ0n) is 10.1. The molecule has 0 N–H and O–H groups in total. The monoisotopic (exact) mass is 219 g/mol. The molecule has 88 valence electrons. The molecule has 16 heavy (non-hydrogen) atoms. The normalized spacial score (nSPS) is 21.4. The Morgan fingerprint density at radius 1 is 1.31 bits per heavy atom. The Kier molecular flexibility index (Phi) is 4.37. The lowest BCUT2D eigenvalue weighted by molar-refractivity contribution is 0.0824. The van der Waals surface area contributed by atoms with E-state index in [-0.39, 0.29) is 0 Å². The minimum absolute atomic E-state index is 0.625. The molecular weight excluding hydrogens is 198 g/mol. The van der Waals surface area contributed by atoms with Gasteiger partial charge >= 0.3 is 0 Å². The highest BCUT2D eigenvalue weighted by molar-refractivity contribution is 5.14. The van der Waals surface area contributed by atoms with E-state index in [9.17, 15) is 0 Å².